The average molecular weight is 782 g/mol. The fourth-order valence-corrected chi connectivity index (χ4v) is 12.5. The minimum Gasteiger partial charge on any atom is -0.309 e. The Morgan fingerprint density at radius 3 is 1.48 bits per heavy atom. The van der Waals surface area contributed by atoms with E-state index in [0.717, 1.165) is 81.5 Å². The van der Waals surface area contributed by atoms with Crippen molar-refractivity contribution in [2.45, 2.75) is 0 Å². The summed E-state index contributed by atoms with van der Waals surface area (Å²) in [6.07, 6.45) is 0. The maximum absolute atomic E-state index is 16.4. The molecule has 11 aromatic carbocycles. The summed E-state index contributed by atoms with van der Waals surface area (Å²) >= 11 is 0. The molecule has 1 heterocycles. The predicted molar refractivity (Wildman–Crippen MR) is 257 cm³/mol. The molecular weight excluding hydrogens is 746 g/mol. The first-order valence-corrected chi connectivity index (χ1v) is 22.2. The van der Waals surface area contributed by atoms with Crippen LogP contribution < -0.4 is 15.9 Å². The van der Waals surface area contributed by atoms with E-state index >= 15 is 4.57 Å². The van der Waals surface area contributed by atoms with Gasteiger partial charge < -0.3 is 4.57 Å². The summed E-state index contributed by atoms with van der Waals surface area (Å²) in [6.45, 7) is 0. The first kappa shape index (κ1) is 34.6. The molecule has 0 atom stereocenters. The largest absolute Gasteiger partial charge is 0.309 e. The predicted octanol–water partition coefficient (Wildman–Crippen LogP) is 14.1. The number of aromatic nitrogens is 1. The summed E-state index contributed by atoms with van der Waals surface area (Å²) in [5.41, 5.74) is 5.14. The van der Waals surface area contributed by atoms with Crippen molar-refractivity contribution in [3.05, 3.63) is 218 Å². The van der Waals surface area contributed by atoms with Crippen LogP contribution in [0.3, 0.4) is 0 Å². The van der Waals surface area contributed by atoms with Crippen molar-refractivity contribution in [2.75, 3.05) is 0 Å². The molecule has 2 nitrogen and oxygen atoms in total. The lowest BCUT2D eigenvalue weighted by Crippen LogP contribution is -2.26. The molecule has 1 aromatic heterocycles. The normalized spacial score (nSPS) is 12.1. The van der Waals surface area contributed by atoms with Gasteiger partial charge in [0.25, 0.3) is 0 Å². The Labute approximate surface area is 347 Å². The standard InChI is InChI=1S/C57H36NOP/c59-60(43-29-26-37-14-4-6-18-40(37)34-43,44-30-27-38-15-5-7-19-41(38)35-44)54-33-32-45(46-20-8-11-23-49(46)54)42-28-31-52-53(36-42)58-57(39-16-2-1-3-17-39)56-51-25-13-10-22-48(51)47-21-9-12-24-50(47)55(52)56/h1-36H. The zero-order chi connectivity index (χ0) is 39.8. The number of fused-ring (bicyclic) bond motifs is 11. The van der Waals surface area contributed by atoms with Gasteiger partial charge in [0.15, 0.2) is 7.14 Å². The molecule has 0 saturated carbocycles. The first-order chi connectivity index (χ1) is 29.6. The van der Waals surface area contributed by atoms with Crippen LogP contribution >= 0.6 is 7.14 Å². The fourth-order valence-electron chi connectivity index (χ4n) is 9.63. The number of nitrogens with zero attached hydrogens (tertiary/aromatic N) is 1. The third-order valence-electron chi connectivity index (χ3n) is 12.5. The van der Waals surface area contributed by atoms with Crippen LogP contribution in [0.15, 0.2) is 218 Å². The lowest BCUT2D eigenvalue weighted by Gasteiger charge is -2.23. The molecule has 3 heteroatoms. The Morgan fingerprint density at radius 2 is 0.850 bits per heavy atom. The second kappa shape index (κ2) is 13.6. The maximum atomic E-state index is 16.4. The summed E-state index contributed by atoms with van der Waals surface area (Å²) in [5, 5.41) is 17.3. The lowest BCUT2D eigenvalue weighted by molar-refractivity contribution is 0.592. The molecule has 0 spiro atoms. The maximum Gasteiger partial charge on any atom is 0.171 e. The van der Waals surface area contributed by atoms with Crippen LogP contribution in [0.1, 0.15) is 0 Å². The van der Waals surface area contributed by atoms with Gasteiger partial charge in [-0.1, -0.05) is 194 Å². The molecule has 0 fully saturated rings. The summed E-state index contributed by atoms with van der Waals surface area (Å²) in [4.78, 5) is 5.54. The third kappa shape index (κ3) is 5.28. The first-order valence-electron chi connectivity index (χ1n) is 20.5. The highest BCUT2D eigenvalue weighted by Gasteiger charge is 2.32. The molecule has 280 valence electrons. The Hall–Kier alpha value is -7.38. The van der Waals surface area contributed by atoms with E-state index in [0.29, 0.717) is 0 Å². The number of rotatable bonds is 5. The van der Waals surface area contributed by atoms with Gasteiger partial charge in [-0.3, -0.25) is 0 Å². The van der Waals surface area contributed by atoms with Crippen molar-refractivity contribution in [1.82, 2.24) is 4.98 Å². The molecule has 12 aromatic rings. The van der Waals surface area contributed by atoms with E-state index in [1.54, 1.807) is 0 Å². The van der Waals surface area contributed by atoms with Gasteiger partial charge in [0.1, 0.15) is 0 Å². The highest BCUT2D eigenvalue weighted by atomic mass is 31.2. The van der Waals surface area contributed by atoms with Crippen LogP contribution in [0, 0.1) is 0 Å². The SMILES string of the molecule is O=P(c1ccc2ccccc2c1)(c1ccc2ccccc2c1)c1ccc(-c2ccc3c(c2)nc(-c2ccccc2)c2c4ccccc4c4ccccc4c32)c2ccccc12. The van der Waals surface area contributed by atoms with E-state index < -0.39 is 7.14 Å². The molecule has 12 rings (SSSR count). The second-order valence-corrected chi connectivity index (χ2v) is 18.5. The van der Waals surface area contributed by atoms with Crippen LogP contribution in [-0.2, 0) is 4.57 Å². The summed E-state index contributed by atoms with van der Waals surface area (Å²) in [6, 6.07) is 76.8. The van der Waals surface area contributed by atoms with Crippen molar-refractivity contribution in [3.63, 3.8) is 0 Å². The molecule has 0 amide bonds. The molecule has 0 radical (unpaired) electrons. The number of pyridine rings is 1. The average Bonchev–Trinajstić information content (AvgIpc) is 3.32. The van der Waals surface area contributed by atoms with E-state index in [4.69, 9.17) is 4.98 Å². The lowest BCUT2D eigenvalue weighted by atomic mass is 9.89. The van der Waals surface area contributed by atoms with Crippen molar-refractivity contribution < 1.29 is 4.57 Å². The van der Waals surface area contributed by atoms with Crippen LogP contribution in [-0.4, -0.2) is 4.98 Å². The van der Waals surface area contributed by atoms with Crippen LogP contribution in [0.5, 0.6) is 0 Å². The minimum atomic E-state index is -3.41. The Kier molecular flexibility index (Phi) is 7.85. The summed E-state index contributed by atoms with van der Waals surface area (Å²) in [5.74, 6) is 0. The third-order valence-corrected chi connectivity index (χ3v) is 15.5. The van der Waals surface area contributed by atoms with Crippen molar-refractivity contribution in [3.8, 4) is 22.4 Å². The quantitative estimate of drug-likeness (QED) is 0.129. The van der Waals surface area contributed by atoms with E-state index in [9.17, 15) is 0 Å². The number of hydrogen-bond donors (Lipinski definition) is 0. The van der Waals surface area contributed by atoms with E-state index in [1.165, 1.54) is 32.3 Å². The zero-order valence-electron chi connectivity index (χ0n) is 32.6. The molecule has 0 aliphatic rings. The molecule has 60 heavy (non-hydrogen) atoms. The van der Waals surface area contributed by atoms with Gasteiger partial charge in [0.05, 0.1) is 11.2 Å². The summed E-state index contributed by atoms with van der Waals surface area (Å²) in [7, 11) is -3.41. The van der Waals surface area contributed by atoms with E-state index in [2.05, 4.69) is 206 Å². The molecule has 0 bridgehead atoms. The highest BCUT2D eigenvalue weighted by Crippen LogP contribution is 2.48. The molecule has 0 aliphatic carbocycles. The van der Waals surface area contributed by atoms with E-state index in [-0.39, 0.29) is 0 Å². The Balaban J connectivity index is 1.11. The van der Waals surface area contributed by atoms with Gasteiger partial charge in [-0.25, -0.2) is 4.98 Å². The Bertz CT molecular complexity index is 3680. The molecular formula is C57H36NOP. The van der Waals surface area contributed by atoms with Crippen LogP contribution in [0.4, 0.5) is 0 Å². The van der Waals surface area contributed by atoms with E-state index in [1.807, 2.05) is 12.1 Å². The molecule has 0 N–H and O–H groups in total. The van der Waals surface area contributed by atoms with Crippen LogP contribution in [0.2, 0.25) is 0 Å². The molecule has 0 saturated heterocycles. The van der Waals surface area contributed by atoms with Gasteiger partial charge in [-0.05, 0) is 89.3 Å². The summed E-state index contributed by atoms with van der Waals surface area (Å²) < 4.78 is 16.4. The zero-order valence-corrected chi connectivity index (χ0v) is 33.5. The Morgan fingerprint density at radius 1 is 0.333 bits per heavy atom. The molecule has 0 unspecified atom stereocenters. The van der Waals surface area contributed by atoms with Crippen molar-refractivity contribution in [2.24, 2.45) is 0 Å². The monoisotopic (exact) mass is 781 g/mol. The minimum absolute atomic E-state index is 0.823. The topological polar surface area (TPSA) is 30.0 Å². The van der Waals surface area contributed by atoms with Crippen molar-refractivity contribution in [1.29, 1.82) is 0 Å². The van der Waals surface area contributed by atoms with Crippen LogP contribution in [0.25, 0.3) is 97.9 Å². The highest BCUT2D eigenvalue weighted by molar-refractivity contribution is 7.85. The molecule has 0 aliphatic heterocycles. The van der Waals surface area contributed by atoms with Crippen molar-refractivity contribution >= 4 is 98.6 Å². The van der Waals surface area contributed by atoms with Gasteiger partial charge >= 0.3 is 0 Å². The number of benzene rings is 11. The fraction of sp³-hybridized carbons (Fsp3) is 0. The van der Waals surface area contributed by atoms with Gasteiger partial charge in [-0.15, -0.1) is 0 Å². The second-order valence-electron chi connectivity index (χ2n) is 15.7. The van der Waals surface area contributed by atoms with Gasteiger partial charge in [-0.2, -0.15) is 0 Å². The van der Waals surface area contributed by atoms with Gasteiger partial charge in [0.2, 0.25) is 0 Å². The number of hydrogen-bond acceptors (Lipinski definition) is 2. The van der Waals surface area contributed by atoms with Gasteiger partial charge in [0, 0.05) is 37.6 Å². The smallest absolute Gasteiger partial charge is 0.171 e.